The molecule has 0 atom stereocenters. The van der Waals surface area contributed by atoms with Gasteiger partial charge in [-0.3, -0.25) is 14.5 Å². The van der Waals surface area contributed by atoms with Crippen molar-refractivity contribution in [2.24, 2.45) is 5.41 Å². The molecular formula is C13H21N3O9. The molecule has 1 N–H and O–H groups in total. The molecule has 0 spiro atoms. The zero-order valence-corrected chi connectivity index (χ0v) is 13.6. The minimum atomic E-state index is -1.40. The van der Waals surface area contributed by atoms with Crippen LogP contribution >= 0.6 is 0 Å². The molecule has 0 radical (unpaired) electrons. The van der Waals surface area contributed by atoms with E-state index in [0.717, 1.165) is 0 Å². The van der Waals surface area contributed by atoms with Crippen molar-refractivity contribution in [3.8, 4) is 0 Å². The fourth-order valence-corrected chi connectivity index (χ4v) is 2.21. The van der Waals surface area contributed by atoms with Crippen molar-refractivity contribution in [1.82, 2.24) is 15.9 Å². The highest BCUT2D eigenvalue weighted by Gasteiger charge is 2.55. The predicted molar refractivity (Wildman–Crippen MR) is 75.5 cm³/mol. The molecule has 25 heavy (non-hydrogen) atoms. The molecule has 3 heterocycles. The fourth-order valence-electron chi connectivity index (χ4n) is 2.21. The molecule has 142 valence electrons. The molecule has 0 aromatic rings. The zero-order chi connectivity index (χ0) is 17.5. The maximum Gasteiger partial charge on any atom is 0.350 e. The summed E-state index contributed by atoms with van der Waals surface area (Å²) in [6.45, 7) is 2.86. The second-order valence-corrected chi connectivity index (χ2v) is 5.43. The number of nitrogens with zero attached hydrogens (tertiary/aromatic N) is 2. The quantitative estimate of drug-likeness (QED) is 0.360. The molecule has 12 nitrogen and oxygen atoms in total. The van der Waals surface area contributed by atoms with Gasteiger partial charge >= 0.3 is 5.97 Å². The first-order valence-electron chi connectivity index (χ1n) is 7.96. The van der Waals surface area contributed by atoms with E-state index in [-0.39, 0.29) is 39.6 Å². The van der Waals surface area contributed by atoms with Gasteiger partial charge in [0.15, 0.2) is 5.41 Å². The van der Waals surface area contributed by atoms with Gasteiger partial charge in [-0.15, -0.1) is 0 Å². The van der Waals surface area contributed by atoms with Crippen molar-refractivity contribution in [3.05, 3.63) is 0 Å². The number of nitrogens with one attached hydrogen (secondary N) is 1. The zero-order valence-electron chi connectivity index (χ0n) is 13.6. The van der Waals surface area contributed by atoms with Crippen LogP contribution in [-0.2, 0) is 43.3 Å². The van der Waals surface area contributed by atoms with E-state index < -0.39 is 17.3 Å². The van der Waals surface area contributed by atoms with E-state index in [4.69, 9.17) is 33.7 Å². The van der Waals surface area contributed by atoms with Gasteiger partial charge in [0.25, 0.3) is 0 Å². The summed E-state index contributed by atoms with van der Waals surface area (Å²) >= 11 is 0. The lowest BCUT2D eigenvalue weighted by molar-refractivity contribution is -0.463. The van der Waals surface area contributed by atoms with Crippen LogP contribution in [-0.4, -0.2) is 88.4 Å². The van der Waals surface area contributed by atoms with Gasteiger partial charge in [0, 0.05) is 6.54 Å². The first-order chi connectivity index (χ1) is 12.2. The average molecular weight is 363 g/mol. The number of hydrogen-bond acceptors (Lipinski definition) is 11. The molecule has 0 aliphatic carbocycles. The van der Waals surface area contributed by atoms with Gasteiger partial charge < -0.3 is 19.6 Å². The van der Waals surface area contributed by atoms with Crippen LogP contribution in [0, 0.1) is 5.41 Å². The number of hydroxylamine groups is 2. The van der Waals surface area contributed by atoms with E-state index in [1.165, 1.54) is 5.23 Å². The molecule has 3 rings (SSSR count). The number of rotatable bonds is 9. The van der Waals surface area contributed by atoms with Crippen LogP contribution in [0.5, 0.6) is 0 Å². The van der Waals surface area contributed by atoms with E-state index in [2.05, 4.69) is 5.32 Å². The molecule has 3 aliphatic rings. The largest absolute Gasteiger partial charge is 0.378 e. The minimum Gasteiger partial charge on any atom is -0.378 e. The first-order valence-corrected chi connectivity index (χ1v) is 7.96. The van der Waals surface area contributed by atoms with Crippen LogP contribution in [0.1, 0.15) is 0 Å². The number of carbonyl (C=O) groups excluding carboxylic acids is 2. The van der Waals surface area contributed by atoms with Crippen molar-refractivity contribution in [1.29, 1.82) is 0 Å². The van der Waals surface area contributed by atoms with Crippen LogP contribution in [0.2, 0.25) is 0 Å². The molecule has 0 bridgehead atoms. The van der Waals surface area contributed by atoms with Gasteiger partial charge in [-0.05, 0) is 0 Å². The van der Waals surface area contributed by atoms with Crippen molar-refractivity contribution < 1.29 is 43.3 Å². The van der Waals surface area contributed by atoms with Gasteiger partial charge in [-0.2, -0.15) is 0 Å². The van der Waals surface area contributed by atoms with Gasteiger partial charge in [-0.25, -0.2) is 14.5 Å². The minimum absolute atomic E-state index is 0.0595. The third kappa shape index (κ3) is 4.62. The van der Waals surface area contributed by atoms with Crippen LogP contribution in [0.25, 0.3) is 0 Å². The molecule has 0 unspecified atom stereocenters. The third-order valence-corrected chi connectivity index (χ3v) is 3.66. The Morgan fingerprint density at radius 1 is 1.00 bits per heavy atom. The number of amides is 1. The summed E-state index contributed by atoms with van der Waals surface area (Å²) in [5.41, 5.74) is -1.40. The molecule has 0 saturated carbocycles. The summed E-state index contributed by atoms with van der Waals surface area (Å²) < 4.78 is 10.4. The SMILES string of the molecule is O=C(NCCOCCN1OCCO1)C1(C(=O)ON2OCCO2)COC1. The highest BCUT2D eigenvalue weighted by molar-refractivity contribution is 6.03. The second kappa shape index (κ2) is 8.82. The normalized spacial score (nSPS) is 23.4. The molecule has 0 aromatic carbocycles. The summed E-state index contributed by atoms with van der Waals surface area (Å²) in [5, 5.41) is 4.61. The van der Waals surface area contributed by atoms with E-state index in [1.54, 1.807) is 0 Å². The van der Waals surface area contributed by atoms with E-state index in [0.29, 0.717) is 31.8 Å². The number of hydrogen-bond donors (Lipinski definition) is 1. The average Bonchev–Trinajstić information content (AvgIpc) is 3.23. The fraction of sp³-hybridized carbons (Fsp3) is 0.846. The lowest BCUT2D eigenvalue weighted by atomic mass is 9.85. The van der Waals surface area contributed by atoms with Gasteiger partial charge in [0.2, 0.25) is 5.91 Å². The Morgan fingerprint density at radius 2 is 1.68 bits per heavy atom. The smallest absolute Gasteiger partial charge is 0.350 e. The van der Waals surface area contributed by atoms with Crippen LogP contribution in [0.4, 0.5) is 0 Å². The Morgan fingerprint density at radius 3 is 2.32 bits per heavy atom. The van der Waals surface area contributed by atoms with Crippen LogP contribution < -0.4 is 5.32 Å². The Labute approximate surface area is 143 Å². The standard InChI is InChI=1S/C13H21N3O9/c17-11(14-1-3-19-4-2-15-21-5-6-22-15)13(9-20-10-13)12(18)25-16-23-7-8-24-16/h1-10H2,(H,14,17). The molecule has 3 fully saturated rings. The molecule has 12 heteroatoms. The van der Waals surface area contributed by atoms with Crippen molar-refractivity contribution in [2.75, 3.05) is 65.9 Å². The monoisotopic (exact) mass is 363 g/mol. The number of ether oxygens (including phenoxy) is 2. The molecule has 0 aromatic heterocycles. The highest BCUT2D eigenvalue weighted by atomic mass is 17.2. The Balaban J connectivity index is 1.33. The first kappa shape index (κ1) is 18.4. The molecule has 1 amide bonds. The van der Waals surface area contributed by atoms with E-state index in [9.17, 15) is 9.59 Å². The summed E-state index contributed by atoms with van der Waals surface area (Å²) in [4.78, 5) is 49.4. The highest BCUT2D eigenvalue weighted by Crippen LogP contribution is 2.30. The van der Waals surface area contributed by atoms with Crippen molar-refractivity contribution >= 4 is 11.9 Å². The van der Waals surface area contributed by atoms with Gasteiger partial charge in [0.05, 0.1) is 46.2 Å². The third-order valence-electron chi connectivity index (χ3n) is 3.66. The van der Waals surface area contributed by atoms with Gasteiger partial charge in [0.1, 0.15) is 18.6 Å². The van der Waals surface area contributed by atoms with E-state index >= 15 is 0 Å². The van der Waals surface area contributed by atoms with Crippen LogP contribution in [0.15, 0.2) is 0 Å². The Bertz CT molecular complexity index is 462. The molecule has 3 saturated heterocycles. The lowest BCUT2D eigenvalue weighted by Crippen LogP contribution is -2.60. The lowest BCUT2D eigenvalue weighted by Gasteiger charge is -2.37. The maximum atomic E-state index is 12.3. The van der Waals surface area contributed by atoms with Crippen molar-refractivity contribution in [2.45, 2.75) is 0 Å². The summed E-state index contributed by atoms with van der Waals surface area (Å²) in [6.07, 6.45) is 0. The maximum absolute atomic E-state index is 12.3. The van der Waals surface area contributed by atoms with Gasteiger partial charge in [-0.1, -0.05) is 5.23 Å². The molecular weight excluding hydrogens is 342 g/mol. The topological polar surface area (TPSA) is 117 Å². The Hall–Kier alpha value is -1.38. The summed E-state index contributed by atoms with van der Waals surface area (Å²) in [5.74, 6) is -1.28. The summed E-state index contributed by atoms with van der Waals surface area (Å²) in [7, 11) is 0. The second-order valence-electron chi connectivity index (χ2n) is 5.43. The van der Waals surface area contributed by atoms with Crippen molar-refractivity contribution in [3.63, 3.8) is 0 Å². The van der Waals surface area contributed by atoms with E-state index in [1.807, 2.05) is 0 Å². The predicted octanol–water partition coefficient (Wildman–Crippen LogP) is -2.05. The number of carbonyl (C=O) groups is 2. The van der Waals surface area contributed by atoms with Crippen LogP contribution in [0.3, 0.4) is 0 Å². The molecule has 3 aliphatic heterocycles. The Kier molecular flexibility index (Phi) is 6.50. The summed E-state index contributed by atoms with van der Waals surface area (Å²) in [6, 6.07) is 0.